The minimum Gasteiger partial charge on any atom is -0.383 e. The van der Waals surface area contributed by atoms with Crippen molar-refractivity contribution in [3.05, 3.63) is 29.2 Å². The van der Waals surface area contributed by atoms with Gasteiger partial charge in [0, 0.05) is 18.5 Å². The lowest BCUT2D eigenvalue weighted by Gasteiger charge is -2.14. The minimum atomic E-state index is -3.55. The van der Waals surface area contributed by atoms with Gasteiger partial charge in [0.05, 0.1) is 12.6 Å². The fraction of sp³-hybridized carbons (Fsp3) is 0.500. The van der Waals surface area contributed by atoms with Crippen molar-refractivity contribution in [3.63, 3.8) is 0 Å². The molecule has 0 aliphatic carbocycles. The highest BCUT2D eigenvalue weighted by molar-refractivity contribution is 7.91. The lowest BCUT2D eigenvalue weighted by molar-refractivity contribution is 0.185. The van der Waals surface area contributed by atoms with Crippen LogP contribution in [-0.4, -0.2) is 36.9 Å². The Labute approximate surface area is 128 Å². The highest BCUT2D eigenvalue weighted by Gasteiger charge is 2.22. The van der Waals surface area contributed by atoms with Crippen molar-refractivity contribution in [1.82, 2.24) is 19.5 Å². The summed E-state index contributed by atoms with van der Waals surface area (Å²) in [6.07, 6.45) is 1.56. The van der Waals surface area contributed by atoms with Gasteiger partial charge in [-0.1, -0.05) is 0 Å². The molecule has 0 fully saturated rings. The summed E-state index contributed by atoms with van der Waals surface area (Å²) in [7, 11) is -1.94. The monoisotopic (exact) mass is 330 g/mol. The van der Waals surface area contributed by atoms with Crippen LogP contribution < -0.4 is 4.72 Å². The number of aromatic nitrogens is 3. The fourth-order valence-electron chi connectivity index (χ4n) is 1.86. The molecule has 1 N–H and O–H groups in total. The highest BCUT2D eigenvalue weighted by atomic mass is 32.2. The number of aryl methyl sites for hydroxylation is 1. The Morgan fingerprint density at radius 2 is 2.24 bits per heavy atom. The molecule has 0 radical (unpaired) electrons. The molecule has 2 heterocycles. The summed E-state index contributed by atoms with van der Waals surface area (Å²) in [6, 6.07) is 2.91. The average Bonchev–Trinajstić information content (AvgIpc) is 3.04. The van der Waals surface area contributed by atoms with Gasteiger partial charge in [-0.05, 0) is 26.0 Å². The second-order valence-corrected chi connectivity index (χ2v) is 7.81. The minimum absolute atomic E-state index is 0.301. The zero-order valence-electron chi connectivity index (χ0n) is 12.1. The molecule has 0 aliphatic rings. The van der Waals surface area contributed by atoms with Crippen LogP contribution in [0.1, 0.15) is 23.7 Å². The molecular formula is C12H18N4O3S2. The normalized spacial score (nSPS) is 13.5. The van der Waals surface area contributed by atoms with E-state index in [0.717, 1.165) is 4.88 Å². The zero-order valence-corrected chi connectivity index (χ0v) is 13.7. The molecule has 2 aromatic rings. The van der Waals surface area contributed by atoms with Gasteiger partial charge < -0.3 is 9.30 Å². The van der Waals surface area contributed by atoms with Crippen LogP contribution in [0, 0.1) is 6.92 Å². The van der Waals surface area contributed by atoms with Gasteiger partial charge in [-0.15, -0.1) is 21.5 Å². The third kappa shape index (κ3) is 3.88. The molecule has 116 valence electrons. The van der Waals surface area contributed by atoms with Gasteiger partial charge in [-0.2, -0.15) is 0 Å². The van der Waals surface area contributed by atoms with E-state index in [1.165, 1.54) is 11.3 Å². The van der Waals surface area contributed by atoms with E-state index in [4.69, 9.17) is 4.74 Å². The van der Waals surface area contributed by atoms with E-state index in [9.17, 15) is 8.42 Å². The summed E-state index contributed by atoms with van der Waals surface area (Å²) >= 11 is 1.24. The van der Waals surface area contributed by atoms with E-state index >= 15 is 0 Å². The van der Waals surface area contributed by atoms with E-state index in [-0.39, 0.29) is 0 Å². The molecule has 0 saturated heterocycles. The summed E-state index contributed by atoms with van der Waals surface area (Å²) in [5.74, 6) is 0.559. The predicted molar refractivity (Wildman–Crippen MR) is 79.7 cm³/mol. The highest BCUT2D eigenvalue weighted by Crippen LogP contribution is 2.22. The Bertz CT molecular complexity index is 693. The number of nitrogens with one attached hydrogen (secondary N) is 1. The van der Waals surface area contributed by atoms with Gasteiger partial charge in [-0.25, -0.2) is 13.1 Å². The molecule has 2 aromatic heterocycles. The van der Waals surface area contributed by atoms with E-state index in [1.807, 2.05) is 6.92 Å². The molecule has 21 heavy (non-hydrogen) atoms. The Morgan fingerprint density at radius 3 is 2.86 bits per heavy atom. The lowest BCUT2D eigenvalue weighted by atomic mass is 10.3. The standard InChI is InChI=1S/C12H18N4O3S2/c1-9-4-5-11(20-9)21(17,18)15-10(2)12-14-13-8-16(12)6-7-19-3/h4-5,8,10,15H,6-7H2,1-3H3. The average molecular weight is 330 g/mol. The Hall–Kier alpha value is -1.29. The molecule has 0 bridgehead atoms. The van der Waals surface area contributed by atoms with E-state index in [2.05, 4.69) is 14.9 Å². The number of sulfonamides is 1. The first-order chi connectivity index (χ1) is 9.94. The Morgan fingerprint density at radius 1 is 1.48 bits per heavy atom. The molecule has 2 rings (SSSR count). The SMILES string of the molecule is COCCn1cnnc1C(C)NS(=O)(=O)c1ccc(C)s1. The lowest BCUT2D eigenvalue weighted by Crippen LogP contribution is -2.28. The molecule has 0 spiro atoms. The maximum Gasteiger partial charge on any atom is 0.250 e. The third-order valence-electron chi connectivity index (χ3n) is 2.88. The quantitative estimate of drug-likeness (QED) is 0.828. The Balaban J connectivity index is 2.14. The van der Waals surface area contributed by atoms with Crippen LogP contribution in [0.4, 0.5) is 0 Å². The van der Waals surface area contributed by atoms with Crippen molar-refractivity contribution in [2.45, 2.75) is 30.6 Å². The van der Waals surface area contributed by atoms with Crippen LogP contribution in [-0.2, 0) is 21.3 Å². The second kappa shape index (κ2) is 6.65. The third-order valence-corrected chi connectivity index (χ3v) is 5.91. The van der Waals surface area contributed by atoms with Crippen molar-refractivity contribution < 1.29 is 13.2 Å². The van der Waals surface area contributed by atoms with E-state index in [1.54, 1.807) is 37.1 Å². The van der Waals surface area contributed by atoms with Crippen molar-refractivity contribution in [3.8, 4) is 0 Å². The molecule has 0 amide bonds. The predicted octanol–water partition coefficient (Wildman–Crippen LogP) is 1.33. The van der Waals surface area contributed by atoms with Crippen LogP contribution in [0.2, 0.25) is 0 Å². The number of hydrogen-bond donors (Lipinski definition) is 1. The summed E-state index contributed by atoms with van der Waals surface area (Å²) in [4.78, 5) is 0.950. The number of methoxy groups -OCH3 is 1. The molecule has 1 unspecified atom stereocenters. The van der Waals surface area contributed by atoms with Crippen LogP contribution >= 0.6 is 11.3 Å². The summed E-state index contributed by atoms with van der Waals surface area (Å²) < 4.78 is 34.3. The number of thiophene rings is 1. The van der Waals surface area contributed by atoms with Crippen molar-refractivity contribution in [1.29, 1.82) is 0 Å². The van der Waals surface area contributed by atoms with Crippen LogP contribution in [0.5, 0.6) is 0 Å². The van der Waals surface area contributed by atoms with Crippen molar-refractivity contribution in [2.24, 2.45) is 0 Å². The molecule has 0 saturated carbocycles. The van der Waals surface area contributed by atoms with Gasteiger partial charge in [0.25, 0.3) is 10.0 Å². The molecule has 0 aromatic carbocycles. The molecule has 9 heteroatoms. The number of ether oxygens (including phenoxy) is 1. The first kappa shape index (κ1) is 16.1. The van der Waals surface area contributed by atoms with Crippen molar-refractivity contribution in [2.75, 3.05) is 13.7 Å². The summed E-state index contributed by atoms with van der Waals surface area (Å²) in [6.45, 7) is 4.69. The second-order valence-electron chi connectivity index (χ2n) is 4.58. The van der Waals surface area contributed by atoms with Gasteiger partial charge in [0.15, 0.2) is 5.82 Å². The smallest absolute Gasteiger partial charge is 0.250 e. The number of nitrogens with zero attached hydrogens (tertiary/aromatic N) is 3. The first-order valence-corrected chi connectivity index (χ1v) is 8.69. The number of rotatable bonds is 7. The summed E-state index contributed by atoms with van der Waals surface area (Å²) in [5.41, 5.74) is 0. The van der Waals surface area contributed by atoms with Gasteiger partial charge in [0.2, 0.25) is 0 Å². The van der Waals surface area contributed by atoms with Crippen LogP contribution in [0.25, 0.3) is 0 Å². The molecule has 7 nitrogen and oxygen atoms in total. The maximum absolute atomic E-state index is 12.3. The van der Waals surface area contributed by atoms with Gasteiger partial charge >= 0.3 is 0 Å². The molecular weight excluding hydrogens is 312 g/mol. The topological polar surface area (TPSA) is 86.1 Å². The fourth-order valence-corrected chi connectivity index (χ4v) is 4.36. The van der Waals surface area contributed by atoms with Crippen LogP contribution in [0.3, 0.4) is 0 Å². The van der Waals surface area contributed by atoms with E-state index in [0.29, 0.717) is 23.2 Å². The largest absolute Gasteiger partial charge is 0.383 e. The van der Waals surface area contributed by atoms with Gasteiger partial charge in [-0.3, -0.25) is 0 Å². The Kier molecular flexibility index (Phi) is 5.09. The van der Waals surface area contributed by atoms with E-state index < -0.39 is 16.1 Å². The maximum atomic E-state index is 12.3. The van der Waals surface area contributed by atoms with Gasteiger partial charge in [0.1, 0.15) is 10.5 Å². The molecule has 0 aliphatic heterocycles. The van der Waals surface area contributed by atoms with Crippen molar-refractivity contribution >= 4 is 21.4 Å². The summed E-state index contributed by atoms with van der Waals surface area (Å²) in [5, 5.41) is 7.81. The number of hydrogen-bond acceptors (Lipinski definition) is 6. The zero-order chi connectivity index (χ0) is 15.5. The molecule has 1 atom stereocenters. The van der Waals surface area contributed by atoms with Crippen LogP contribution in [0.15, 0.2) is 22.7 Å². The first-order valence-electron chi connectivity index (χ1n) is 6.39.